The van der Waals surface area contributed by atoms with E-state index in [1.807, 2.05) is 51.1 Å². The molecule has 2 aromatic rings. The molecule has 0 aliphatic carbocycles. The number of rotatable bonds is 5. The minimum atomic E-state index is -0.611. The van der Waals surface area contributed by atoms with Crippen LogP contribution in [0.25, 0.3) is 0 Å². The molecule has 0 heterocycles. The number of aryl methyl sites for hydroxylation is 3. The molecule has 3 nitrogen and oxygen atoms in total. The second-order valence-corrected chi connectivity index (χ2v) is 7.19. The molecule has 0 saturated carbocycles. The van der Waals surface area contributed by atoms with E-state index in [0.717, 1.165) is 33.0 Å². The Bertz CT molecular complexity index is 760. The van der Waals surface area contributed by atoms with Crippen LogP contribution < -0.4 is 10.1 Å². The molecule has 2 rings (SSSR count). The SMILES string of the molecule is Cc1cc(O[C@@H](C)C(=O)Nc2c(C)cccc2C(C)C)cc(C)c1Cl. The average Bonchev–Trinajstić information content (AvgIpc) is 2.53. The normalized spacial score (nSPS) is 12.2. The molecule has 0 aromatic heterocycles. The smallest absolute Gasteiger partial charge is 0.265 e. The number of benzene rings is 2. The number of ether oxygens (including phenoxy) is 1. The van der Waals surface area contributed by atoms with Gasteiger partial charge in [-0.2, -0.15) is 0 Å². The first-order valence-corrected chi connectivity index (χ1v) is 8.92. The minimum absolute atomic E-state index is 0.165. The molecular formula is C21H26ClNO2. The minimum Gasteiger partial charge on any atom is -0.481 e. The lowest BCUT2D eigenvalue weighted by Gasteiger charge is -2.20. The van der Waals surface area contributed by atoms with E-state index in [2.05, 4.69) is 19.2 Å². The number of nitrogens with one attached hydrogen (secondary N) is 1. The molecule has 1 atom stereocenters. The number of hydrogen-bond acceptors (Lipinski definition) is 2. The fourth-order valence-corrected chi connectivity index (χ4v) is 2.91. The number of para-hydroxylation sites is 1. The molecule has 134 valence electrons. The third kappa shape index (κ3) is 4.55. The van der Waals surface area contributed by atoms with Crippen molar-refractivity contribution in [3.63, 3.8) is 0 Å². The number of hydrogen-bond donors (Lipinski definition) is 1. The van der Waals surface area contributed by atoms with Gasteiger partial charge in [0.2, 0.25) is 0 Å². The highest BCUT2D eigenvalue weighted by Gasteiger charge is 2.19. The summed E-state index contributed by atoms with van der Waals surface area (Å²) < 4.78 is 5.83. The van der Waals surface area contributed by atoms with Gasteiger partial charge in [0.15, 0.2) is 6.10 Å². The van der Waals surface area contributed by atoms with Crippen molar-refractivity contribution in [2.24, 2.45) is 0 Å². The predicted octanol–water partition coefficient (Wildman–Crippen LogP) is 5.79. The van der Waals surface area contributed by atoms with Gasteiger partial charge in [0.1, 0.15) is 5.75 Å². The van der Waals surface area contributed by atoms with Crippen LogP contribution in [-0.2, 0) is 4.79 Å². The molecule has 0 unspecified atom stereocenters. The van der Waals surface area contributed by atoms with E-state index in [4.69, 9.17) is 16.3 Å². The Balaban J connectivity index is 2.17. The lowest BCUT2D eigenvalue weighted by molar-refractivity contribution is -0.122. The second-order valence-electron chi connectivity index (χ2n) is 6.81. The van der Waals surface area contributed by atoms with Crippen LogP contribution in [0.15, 0.2) is 30.3 Å². The zero-order chi connectivity index (χ0) is 18.7. The summed E-state index contributed by atoms with van der Waals surface area (Å²) in [5, 5.41) is 3.76. The summed E-state index contributed by atoms with van der Waals surface area (Å²) in [6.45, 7) is 11.8. The topological polar surface area (TPSA) is 38.3 Å². The van der Waals surface area contributed by atoms with Gasteiger partial charge in [0, 0.05) is 10.7 Å². The number of carbonyl (C=O) groups is 1. The van der Waals surface area contributed by atoms with Crippen LogP contribution >= 0.6 is 11.6 Å². The van der Waals surface area contributed by atoms with Gasteiger partial charge in [-0.05, 0) is 68.0 Å². The highest BCUT2D eigenvalue weighted by Crippen LogP contribution is 2.29. The standard InChI is InChI=1S/C21H26ClNO2/c1-12(2)18-9-7-8-13(3)20(18)23-21(24)16(6)25-17-10-14(4)19(22)15(5)11-17/h7-12,16H,1-6H3,(H,23,24)/t16-/m0/s1. The lowest BCUT2D eigenvalue weighted by Crippen LogP contribution is -2.31. The van der Waals surface area contributed by atoms with E-state index < -0.39 is 6.10 Å². The summed E-state index contributed by atoms with van der Waals surface area (Å²) >= 11 is 6.19. The summed E-state index contributed by atoms with van der Waals surface area (Å²) in [4.78, 5) is 12.6. The zero-order valence-electron chi connectivity index (χ0n) is 15.7. The third-order valence-electron chi connectivity index (χ3n) is 4.27. The van der Waals surface area contributed by atoms with Crippen LogP contribution in [0.5, 0.6) is 5.75 Å². The van der Waals surface area contributed by atoms with Gasteiger partial charge < -0.3 is 10.1 Å². The molecule has 25 heavy (non-hydrogen) atoms. The molecule has 0 aliphatic heterocycles. The summed E-state index contributed by atoms with van der Waals surface area (Å²) in [5.41, 5.74) is 4.92. The fourth-order valence-electron chi connectivity index (χ4n) is 2.80. The average molecular weight is 360 g/mol. The van der Waals surface area contributed by atoms with Crippen LogP contribution in [0.1, 0.15) is 48.9 Å². The van der Waals surface area contributed by atoms with E-state index in [-0.39, 0.29) is 5.91 Å². The van der Waals surface area contributed by atoms with Crippen LogP contribution in [0.3, 0.4) is 0 Å². The van der Waals surface area contributed by atoms with E-state index in [1.54, 1.807) is 6.92 Å². The molecule has 1 amide bonds. The molecule has 0 fully saturated rings. The Kier molecular flexibility index (Phi) is 6.12. The number of anilines is 1. The van der Waals surface area contributed by atoms with Crippen LogP contribution in [-0.4, -0.2) is 12.0 Å². The second kappa shape index (κ2) is 7.92. The van der Waals surface area contributed by atoms with Gasteiger partial charge in [-0.1, -0.05) is 43.6 Å². The Morgan fingerprint density at radius 3 is 2.20 bits per heavy atom. The fraction of sp³-hybridized carbons (Fsp3) is 0.381. The molecule has 4 heteroatoms. The lowest BCUT2D eigenvalue weighted by atomic mass is 9.98. The van der Waals surface area contributed by atoms with Crippen molar-refractivity contribution in [2.45, 2.75) is 53.6 Å². The number of amides is 1. The summed E-state index contributed by atoms with van der Waals surface area (Å²) in [6, 6.07) is 9.77. The third-order valence-corrected chi connectivity index (χ3v) is 4.86. The first-order valence-electron chi connectivity index (χ1n) is 8.54. The maximum absolute atomic E-state index is 12.6. The maximum atomic E-state index is 12.6. The highest BCUT2D eigenvalue weighted by molar-refractivity contribution is 6.32. The summed E-state index contributed by atoms with van der Waals surface area (Å²) in [7, 11) is 0. The summed E-state index contributed by atoms with van der Waals surface area (Å²) in [6.07, 6.45) is -0.611. The molecule has 0 spiro atoms. The molecular weight excluding hydrogens is 334 g/mol. The Hall–Kier alpha value is -2.00. The van der Waals surface area contributed by atoms with Gasteiger partial charge in [-0.15, -0.1) is 0 Å². The highest BCUT2D eigenvalue weighted by atomic mass is 35.5. The van der Waals surface area contributed by atoms with E-state index in [1.165, 1.54) is 0 Å². The van der Waals surface area contributed by atoms with Crippen molar-refractivity contribution in [3.8, 4) is 5.75 Å². The maximum Gasteiger partial charge on any atom is 0.265 e. The monoisotopic (exact) mass is 359 g/mol. The Labute approximate surface area is 155 Å². The zero-order valence-corrected chi connectivity index (χ0v) is 16.5. The molecule has 0 saturated heterocycles. The predicted molar refractivity (Wildman–Crippen MR) is 105 cm³/mol. The van der Waals surface area contributed by atoms with Crippen molar-refractivity contribution in [1.29, 1.82) is 0 Å². The van der Waals surface area contributed by atoms with Crippen molar-refractivity contribution in [3.05, 3.63) is 57.6 Å². The first-order chi connectivity index (χ1) is 11.7. The number of carbonyl (C=O) groups excluding carboxylic acids is 1. The van der Waals surface area contributed by atoms with Crippen molar-refractivity contribution in [2.75, 3.05) is 5.32 Å². The van der Waals surface area contributed by atoms with Gasteiger partial charge in [0.25, 0.3) is 5.91 Å². The largest absolute Gasteiger partial charge is 0.481 e. The molecule has 1 N–H and O–H groups in total. The van der Waals surface area contributed by atoms with Gasteiger partial charge in [-0.3, -0.25) is 4.79 Å². The quantitative estimate of drug-likeness (QED) is 0.733. The molecule has 0 bridgehead atoms. The van der Waals surface area contributed by atoms with E-state index in [0.29, 0.717) is 11.7 Å². The van der Waals surface area contributed by atoms with Gasteiger partial charge >= 0.3 is 0 Å². The summed E-state index contributed by atoms with van der Waals surface area (Å²) in [5.74, 6) is 0.811. The Morgan fingerprint density at radius 1 is 1.04 bits per heavy atom. The van der Waals surface area contributed by atoms with Crippen molar-refractivity contribution in [1.82, 2.24) is 0 Å². The molecule has 0 aliphatic rings. The Morgan fingerprint density at radius 2 is 1.64 bits per heavy atom. The van der Waals surface area contributed by atoms with Crippen LogP contribution in [0, 0.1) is 20.8 Å². The van der Waals surface area contributed by atoms with E-state index in [9.17, 15) is 4.79 Å². The number of halogens is 1. The van der Waals surface area contributed by atoms with Crippen LogP contribution in [0.4, 0.5) is 5.69 Å². The first kappa shape index (κ1) is 19.3. The van der Waals surface area contributed by atoms with Gasteiger partial charge in [-0.25, -0.2) is 0 Å². The van der Waals surface area contributed by atoms with Crippen LogP contribution in [0.2, 0.25) is 5.02 Å². The van der Waals surface area contributed by atoms with Gasteiger partial charge in [0.05, 0.1) is 0 Å². The van der Waals surface area contributed by atoms with E-state index >= 15 is 0 Å². The molecule has 0 radical (unpaired) electrons. The molecule has 2 aromatic carbocycles. The van der Waals surface area contributed by atoms with Crippen molar-refractivity contribution >= 4 is 23.2 Å². The van der Waals surface area contributed by atoms with Crippen molar-refractivity contribution < 1.29 is 9.53 Å².